The first-order chi connectivity index (χ1) is 43.1. The second-order valence-corrected chi connectivity index (χ2v) is 22.3. The lowest BCUT2D eigenvalue weighted by atomic mass is 9.86. The fourth-order valence-electron chi connectivity index (χ4n) is 11.2. The van der Waals surface area contributed by atoms with Crippen molar-refractivity contribution in [2.24, 2.45) is 0 Å². The van der Waals surface area contributed by atoms with Gasteiger partial charge in [-0.1, -0.05) is 199 Å². The van der Waals surface area contributed by atoms with Gasteiger partial charge in [0.2, 0.25) is 0 Å². The molecule has 0 unspecified atom stereocenters. The first-order valence-electron chi connectivity index (χ1n) is 31.8. The highest BCUT2D eigenvalue weighted by Gasteiger charge is 2.23. The molecule has 0 saturated heterocycles. The van der Waals surface area contributed by atoms with Gasteiger partial charge in [0.1, 0.15) is 17.3 Å². The third-order valence-corrected chi connectivity index (χ3v) is 15.3. The van der Waals surface area contributed by atoms with E-state index in [4.69, 9.17) is 17.9 Å². The number of imidazole rings is 1. The minimum atomic E-state index is -0.576. The van der Waals surface area contributed by atoms with Crippen LogP contribution in [0.15, 0.2) is 249 Å². The summed E-state index contributed by atoms with van der Waals surface area (Å²) in [6.07, 6.45) is 5.44. The molecule has 14 aromatic rings. The first-order valence-corrected chi connectivity index (χ1v) is 26.8. The zero-order valence-electron chi connectivity index (χ0n) is 55.0. The summed E-state index contributed by atoms with van der Waals surface area (Å²) < 4.78 is 104. The highest BCUT2D eigenvalue weighted by atomic mass is 16.5. The third kappa shape index (κ3) is 8.43. The Morgan fingerprint density at radius 3 is 1.71 bits per heavy atom. The monoisotopic (exact) mass is 1040 g/mol. The summed E-state index contributed by atoms with van der Waals surface area (Å²) in [7, 11) is 0. The molecule has 0 radical (unpaired) electrons. The zero-order chi connectivity index (χ0) is 63.0. The van der Waals surface area contributed by atoms with Crippen molar-refractivity contribution in [3.63, 3.8) is 0 Å². The Balaban J connectivity index is 0.960. The predicted molar refractivity (Wildman–Crippen MR) is 330 cm³/mol. The summed E-state index contributed by atoms with van der Waals surface area (Å²) in [6, 6.07) is 55.3. The Bertz CT molecular complexity index is 5120. The van der Waals surface area contributed by atoms with Crippen molar-refractivity contribution in [3.05, 3.63) is 266 Å². The second-order valence-electron chi connectivity index (χ2n) is 22.3. The molecule has 14 rings (SSSR count). The van der Waals surface area contributed by atoms with E-state index in [0.29, 0.717) is 28.2 Å². The number of ether oxygens (including phenoxy) is 1. The van der Waals surface area contributed by atoms with Crippen LogP contribution in [0, 0.1) is 6.33 Å². The van der Waals surface area contributed by atoms with Crippen LogP contribution in [0.4, 0.5) is 0 Å². The first kappa shape index (κ1) is 38.7. The zero-order valence-corrected chi connectivity index (χ0v) is 45.0. The van der Waals surface area contributed by atoms with Gasteiger partial charge in [0.15, 0.2) is 0 Å². The summed E-state index contributed by atoms with van der Waals surface area (Å²) in [5.41, 5.74) is 10.8. The van der Waals surface area contributed by atoms with Gasteiger partial charge in [0.25, 0.3) is 6.33 Å². The molecular formula is C74H59N5O. The molecular weight excluding hydrogens is 975 g/mol. The van der Waals surface area contributed by atoms with Crippen LogP contribution in [0.1, 0.15) is 66.4 Å². The molecule has 10 aromatic carbocycles. The molecule has 0 amide bonds. The smallest absolute Gasteiger partial charge is 0.269 e. The van der Waals surface area contributed by atoms with E-state index in [2.05, 4.69) is 166 Å². The summed E-state index contributed by atoms with van der Waals surface area (Å²) in [5.74, 6) is 1.82. The molecule has 0 aliphatic rings. The Hall–Kier alpha value is -9.78. The lowest BCUT2D eigenvalue weighted by molar-refractivity contribution is -0.571. The van der Waals surface area contributed by atoms with Gasteiger partial charge in [-0.15, -0.1) is 0 Å². The van der Waals surface area contributed by atoms with E-state index in [1.165, 1.54) is 10.8 Å². The number of hydrogen-bond acceptors (Lipinski definition) is 2. The molecule has 386 valence electrons. The molecule has 0 fully saturated rings. The van der Waals surface area contributed by atoms with Crippen molar-refractivity contribution in [1.82, 2.24) is 18.7 Å². The van der Waals surface area contributed by atoms with E-state index in [0.717, 1.165) is 66.6 Å². The topological polar surface area (TPSA) is 40.8 Å². The summed E-state index contributed by atoms with van der Waals surface area (Å²) in [5, 5.41) is 4.40. The average molecular weight is 1040 g/mol. The van der Waals surface area contributed by atoms with Crippen LogP contribution in [0.3, 0.4) is 0 Å². The standard InChI is InChI=1S/C74H59N5O/c1-73(2,3)53-34-31-49(32-35-53)52-33-39-68-70(43-52)77(72-59(50-19-9-7-10-20-50)27-18-28-60(72)51-21-11-8-12-22-51)48-76(68)55-23-17-24-57(45-55)80-58-37-38-63-64-46-56(78-65-29-15-13-25-61(65)62-26-14-16-30-66(62)78)36-40-67(64)79(69(63)47-58)71-44-54(41-42-75-71)74(4,5)6/h7-47H,1-6H3/i7D,8D,9D,10D,11D,12D,19D,20D,21D,22D. The number of pyridine rings is 1. The summed E-state index contributed by atoms with van der Waals surface area (Å²) >= 11 is 0. The van der Waals surface area contributed by atoms with E-state index in [-0.39, 0.29) is 38.8 Å². The molecule has 4 aromatic heterocycles. The van der Waals surface area contributed by atoms with E-state index in [1.54, 1.807) is 22.8 Å². The van der Waals surface area contributed by atoms with Crippen molar-refractivity contribution >= 4 is 54.6 Å². The molecule has 0 aliphatic heterocycles. The van der Waals surface area contributed by atoms with Crippen LogP contribution >= 0.6 is 0 Å². The molecule has 6 heteroatoms. The van der Waals surface area contributed by atoms with Crippen LogP contribution in [0.5, 0.6) is 11.5 Å². The van der Waals surface area contributed by atoms with Gasteiger partial charge in [-0.3, -0.25) is 13.7 Å². The number of fused-ring (bicyclic) bond motifs is 7. The molecule has 0 atom stereocenters. The van der Waals surface area contributed by atoms with Crippen molar-refractivity contribution in [3.8, 4) is 67.8 Å². The van der Waals surface area contributed by atoms with Crippen LogP contribution in [-0.4, -0.2) is 18.7 Å². The number of hydrogen-bond donors (Lipinski definition) is 0. The Morgan fingerprint density at radius 1 is 0.438 bits per heavy atom. The number of aromatic nitrogens is 5. The maximum absolute atomic E-state index is 9.28. The van der Waals surface area contributed by atoms with Crippen LogP contribution in [0.2, 0.25) is 0 Å². The normalized spacial score (nSPS) is 13.9. The number of para-hydroxylation sites is 3. The van der Waals surface area contributed by atoms with Crippen molar-refractivity contribution in [1.29, 1.82) is 0 Å². The minimum absolute atomic E-state index is 0.105. The average Bonchev–Trinajstić information content (AvgIpc) is 1.42. The minimum Gasteiger partial charge on any atom is -0.458 e. The van der Waals surface area contributed by atoms with Crippen LogP contribution < -0.4 is 9.30 Å². The molecule has 6 nitrogen and oxygen atoms in total. The molecule has 0 N–H and O–H groups in total. The quantitative estimate of drug-likeness (QED) is 0.107. The Labute approximate surface area is 480 Å². The molecule has 0 aliphatic carbocycles. The van der Waals surface area contributed by atoms with Gasteiger partial charge in [-0.25, -0.2) is 4.98 Å². The summed E-state index contributed by atoms with van der Waals surface area (Å²) in [6.45, 7) is 13.0. The van der Waals surface area contributed by atoms with Crippen LogP contribution in [-0.2, 0) is 10.8 Å². The van der Waals surface area contributed by atoms with Gasteiger partial charge in [0, 0.05) is 39.5 Å². The maximum atomic E-state index is 9.28. The lowest BCUT2D eigenvalue weighted by Gasteiger charge is -2.20. The Kier molecular flexibility index (Phi) is 9.19. The largest absolute Gasteiger partial charge is 0.458 e. The number of nitrogens with zero attached hydrogens (tertiary/aromatic N) is 5. The van der Waals surface area contributed by atoms with Gasteiger partial charge in [0.05, 0.1) is 58.2 Å². The highest BCUT2D eigenvalue weighted by molar-refractivity contribution is 6.12. The SMILES string of the molecule is [2H]c1c([2H])c([2H])c(-c2cccc(-c3c([2H])c([2H])c([2H])c([2H])c3[2H])c2-[n+]2[c-]n(-c3cccc(Oc4ccc5c6cc(-n7c8ccccc8c8ccccc87)ccc6n(-c6cc(C(C)(C)C)ccn6)c5c4)c3)c3ccc(-c4ccc(C(C)(C)C)cc4)cc32)c([2H])c1[2H]. The molecule has 80 heavy (non-hydrogen) atoms. The molecule has 0 bridgehead atoms. The van der Waals surface area contributed by atoms with Crippen molar-refractivity contribution < 1.29 is 23.0 Å². The fraction of sp³-hybridized carbons (Fsp3) is 0.108. The summed E-state index contributed by atoms with van der Waals surface area (Å²) in [4.78, 5) is 5.00. The predicted octanol–water partition coefficient (Wildman–Crippen LogP) is 18.7. The Morgan fingerprint density at radius 2 is 1.04 bits per heavy atom. The van der Waals surface area contributed by atoms with Crippen molar-refractivity contribution in [2.45, 2.75) is 52.4 Å². The van der Waals surface area contributed by atoms with Crippen LogP contribution in [0.25, 0.3) is 111 Å². The van der Waals surface area contributed by atoms with Gasteiger partial charge in [-0.2, -0.15) is 0 Å². The number of benzene rings is 10. The van der Waals surface area contributed by atoms with Gasteiger partial charge >= 0.3 is 0 Å². The van der Waals surface area contributed by atoms with Gasteiger partial charge < -0.3 is 9.30 Å². The lowest BCUT2D eigenvalue weighted by Crippen LogP contribution is -2.31. The van der Waals surface area contributed by atoms with E-state index >= 15 is 0 Å². The van der Waals surface area contributed by atoms with E-state index in [1.807, 2.05) is 65.4 Å². The molecule has 0 saturated carbocycles. The fourth-order valence-corrected chi connectivity index (χ4v) is 11.2. The highest BCUT2D eigenvalue weighted by Crippen LogP contribution is 2.41. The van der Waals surface area contributed by atoms with Crippen molar-refractivity contribution in [2.75, 3.05) is 0 Å². The van der Waals surface area contributed by atoms with Gasteiger partial charge in [-0.05, 0) is 134 Å². The molecule has 0 spiro atoms. The van der Waals surface area contributed by atoms with E-state index < -0.39 is 60.4 Å². The maximum Gasteiger partial charge on any atom is 0.269 e. The third-order valence-electron chi connectivity index (χ3n) is 15.3. The van der Waals surface area contributed by atoms with E-state index in [9.17, 15) is 5.48 Å². The second kappa shape index (κ2) is 19.0. The number of rotatable bonds is 9. The molecule has 4 heterocycles.